The summed E-state index contributed by atoms with van der Waals surface area (Å²) in [5.41, 5.74) is 1.98. The number of H-pyrrole nitrogens is 1. The molecule has 2 heterocycles. The zero-order valence-electron chi connectivity index (χ0n) is 10.1. The Hall–Kier alpha value is -2.20. The molecule has 0 saturated carbocycles. The number of pyridine rings is 1. The summed E-state index contributed by atoms with van der Waals surface area (Å²) in [4.78, 5) is 22.9. The van der Waals surface area contributed by atoms with Gasteiger partial charge >= 0.3 is 0 Å². The van der Waals surface area contributed by atoms with Gasteiger partial charge in [-0.2, -0.15) is 0 Å². The molecule has 1 aromatic carbocycles. The molecule has 0 fully saturated rings. The molecule has 0 bridgehead atoms. The van der Waals surface area contributed by atoms with Crippen molar-refractivity contribution < 1.29 is 0 Å². The molecule has 2 aromatic heterocycles. The van der Waals surface area contributed by atoms with Gasteiger partial charge in [0.25, 0.3) is 5.56 Å². The van der Waals surface area contributed by atoms with Gasteiger partial charge in [0, 0.05) is 28.9 Å². The molecule has 0 aliphatic rings. The van der Waals surface area contributed by atoms with Gasteiger partial charge in [-0.05, 0) is 31.2 Å². The van der Waals surface area contributed by atoms with E-state index in [1.807, 2.05) is 18.2 Å². The van der Waals surface area contributed by atoms with Gasteiger partial charge in [0.1, 0.15) is 5.82 Å². The van der Waals surface area contributed by atoms with Gasteiger partial charge in [-0.1, -0.05) is 11.6 Å². The van der Waals surface area contributed by atoms with Crippen molar-refractivity contribution in [1.29, 1.82) is 0 Å². The van der Waals surface area contributed by atoms with Gasteiger partial charge in [0.15, 0.2) is 0 Å². The van der Waals surface area contributed by atoms with Crippen molar-refractivity contribution in [2.24, 2.45) is 0 Å². The van der Waals surface area contributed by atoms with Crippen molar-refractivity contribution in [2.45, 2.75) is 6.92 Å². The molecule has 0 radical (unpaired) electrons. The first-order valence-electron chi connectivity index (χ1n) is 5.77. The minimum absolute atomic E-state index is 0.179. The zero-order chi connectivity index (χ0) is 13.4. The van der Waals surface area contributed by atoms with Crippen LogP contribution in [0.1, 0.15) is 5.69 Å². The van der Waals surface area contributed by atoms with Crippen LogP contribution in [0, 0.1) is 6.92 Å². The number of aromatic amines is 1. The third kappa shape index (κ3) is 2.11. The molecule has 4 nitrogen and oxygen atoms in total. The van der Waals surface area contributed by atoms with Crippen LogP contribution in [0.5, 0.6) is 0 Å². The first-order valence-corrected chi connectivity index (χ1v) is 6.14. The predicted octanol–water partition coefficient (Wildman–Crippen LogP) is 2.95. The third-order valence-electron chi connectivity index (χ3n) is 2.84. The summed E-state index contributed by atoms with van der Waals surface area (Å²) >= 11 is 6.15. The number of rotatable bonds is 1. The minimum Gasteiger partial charge on any atom is -0.306 e. The predicted molar refractivity (Wildman–Crippen MR) is 75.3 cm³/mol. The van der Waals surface area contributed by atoms with E-state index in [1.165, 1.54) is 6.07 Å². The van der Waals surface area contributed by atoms with Gasteiger partial charge in [-0.15, -0.1) is 0 Å². The highest BCUT2D eigenvalue weighted by Gasteiger charge is 2.10. The molecule has 3 rings (SSSR count). The molecule has 1 N–H and O–H groups in total. The Bertz CT molecular complexity index is 826. The lowest BCUT2D eigenvalue weighted by Crippen LogP contribution is -2.08. The van der Waals surface area contributed by atoms with Crippen molar-refractivity contribution in [1.82, 2.24) is 15.0 Å². The van der Waals surface area contributed by atoms with E-state index >= 15 is 0 Å². The van der Waals surface area contributed by atoms with Gasteiger partial charge in [0.2, 0.25) is 0 Å². The molecule has 19 heavy (non-hydrogen) atoms. The number of nitrogens with one attached hydrogen (secondary N) is 1. The summed E-state index contributed by atoms with van der Waals surface area (Å²) in [6.07, 6.45) is 1.69. The average molecular weight is 272 g/mol. The van der Waals surface area contributed by atoms with Crippen LogP contribution in [0.4, 0.5) is 0 Å². The topological polar surface area (TPSA) is 58.6 Å². The number of aromatic nitrogens is 3. The lowest BCUT2D eigenvalue weighted by atomic mass is 10.1. The van der Waals surface area contributed by atoms with E-state index in [9.17, 15) is 4.79 Å². The number of benzene rings is 1. The third-order valence-corrected chi connectivity index (χ3v) is 3.17. The Morgan fingerprint density at radius 3 is 2.89 bits per heavy atom. The largest absolute Gasteiger partial charge is 0.306 e. The summed E-state index contributed by atoms with van der Waals surface area (Å²) in [5.74, 6) is 0.505. The quantitative estimate of drug-likeness (QED) is 0.740. The second-order valence-corrected chi connectivity index (χ2v) is 4.64. The zero-order valence-corrected chi connectivity index (χ0v) is 10.9. The molecule has 0 amide bonds. The van der Waals surface area contributed by atoms with Gasteiger partial charge < -0.3 is 4.98 Å². The molecule has 5 heteroatoms. The van der Waals surface area contributed by atoms with Gasteiger partial charge in [-0.3, -0.25) is 9.78 Å². The molecule has 0 aliphatic heterocycles. The second-order valence-electron chi connectivity index (χ2n) is 4.23. The fraction of sp³-hybridized carbons (Fsp3) is 0.0714. The first-order chi connectivity index (χ1) is 9.15. The summed E-state index contributed by atoms with van der Waals surface area (Å²) in [5, 5.41) is 1.47. The summed E-state index contributed by atoms with van der Waals surface area (Å²) < 4.78 is 0. The number of fused-ring (bicyclic) bond motifs is 1. The van der Waals surface area contributed by atoms with Crippen LogP contribution >= 0.6 is 11.6 Å². The Balaban J connectivity index is 2.37. The van der Waals surface area contributed by atoms with Crippen LogP contribution in [0.25, 0.3) is 22.3 Å². The van der Waals surface area contributed by atoms with Crippen molar-refractivity contribution in [2.75, 3.05) is 0 Å². The van der Waals surface area contributed by atoms with Crippen LogP contribution in [0.3, 0.4) is 0 Å². The van der Waals surface area contributed by atoms with Crippen LogP contribution < -0.4 is 5.56 Å². The first kappa shape index (κ1) is 11.9. The fourth-order valence-electron chi connectivity index (χ4n) is 2.04. The molecule has 0 saturated heterocycles. The molecule has 0 unspecified atom stereocenters. The molecule has 0 spiro atoms. The number of hydrogen-bond acceptors (Lipinski definition) is 3. The van der Waals surface area contributed by atoms with Crippen LogP contribution in [-0.4, -0.2) is 15.0 Å². The van der Waals surface area contributed by atoms with Crippen LogP contribution in [0.15, 0.2) is 41.3 Å². The van der Waals surface area contributed by atoms with Crippen molar-refractivity contribution in [3.05, 3.63) is 57.6 Å². The average Bonchev–Trinajstić information content (AvgIpc) is 2.38. The monoisotopic (exact) mass is 271 g/mol. The minimum atomic E-state index is -0.179. The highest BCUT2D eigenvalue weighted by molar-refractivity contribution is 6.35. The van der Waals surface area contributed by atoms with Crippen molar-refractivity contribution >= 4 is 22.5 Å². The standard InChI is InChI=1S/C14H10ClN3O/c1-8-7-12(19)18-14(17-8)10-4-5-11(15)9-3-2-6-16-13(9)10/h2-7H,1H3,(H,17,18,19). The molecular weight excluding hydrogens is 262 g/mol. The van der Waals surface area contributed by atoms with E-state index in [1.54, 1.807) is 19.2 Å². The summed E-state index contributed by atoms with van der Waals surface area (Å²) in [7, 11) is 0. The Kier molecular flexibility index (Phi) is 2.80. The van der Waals surface area contributed by atoms with E-state index in [4.69, 9.17) is 11.6 Å². The highest BCUT2D eigenvalue weighted by atomic mass is 35.5. The highest BCUT2D eigenvalue weighted by Crippen LogP contribution is 2.29. The Labute approximate surface area is 114 Å². The van der Waals surface area contributed by atoms with Crippen molar-refractivity contribution in [3.63, 3.8) is 0 Å². The Morgan fingerprint density at radius 1 is 1.26 bits per heavy atom. The SMILES string of the molecule is Cc1cc(=O)[nH]c(-c2ccc(Cl)c3cccnc23)n1. The summed E-state index contributed by atoms with van der Waals surface area (Å²) in [6.45, 7) is 1.78. The van der Waals surface area contributed by atoms with Crippen LogP contribution in [-0.2, 0) is 0 Å². The van der Waals surface area contributed by atoms with E-state index in [0.29, 0.717) is 16.5 Å². The summed E-state index contributed by atoms with van der Waals surface area (Å²) in [6, 6.07) is 8.76. The maximum absolute atomic E-state index is 11.5. The number of aryl methyl sites for hydroxylation is 1. The smallest absolute Gasteiger partial charge is 0.251 e. The molecule has 3 aromatic rings. The van der Waals surface area contributed by atoms with E-state index in [-0.39, 0.29) is 5.56 Å². The fourth-order valence-corrected chi connectivity index (χ4v) is 2.25. The number of nitrogens with zero attached hydrogens (tertiary/aromatic N) is 2. The van der Waals surface area contributed by atoms with E-state index in [0.717, 1.165) is 16.5 Å². The van der Waals surface area contributed by atoms with Crippen molar-refractivity contribution in [3.8, 4) is 11.4 Å². The van der Waals surface area contributed by atoms with E-state index < -0.39 is 0 Å². The van der Waals surface area contributed by atoms with Gasteiger partial charge in [0.05, 0.1) is 10.5 Å². The molecule has 94 valence electrons. The lowest BCUT2D eigenvalue weighted by Gasteiger charge is -2.06. The molecule has 0 atom stereocenters. The van der Waals surface area contributed by atoms with Crippen LogP contribution in [0.2, 0.25) is 5.02 Å². The normalized spacial score (nSPS) is 10.8. The Morgan fingerprint density at radius 2 is 2.11 bits per heavy atom. The van der Waals surface area contributed by atoms with Gasteiger partial charge in [-0.25, -0.2) is 4.98 Å². The second kappa shape index (κ2) is 4.48. The lowest BCUT2D eigenvalue weighted by molar-refractivity contribution is 1.08. The molecule has 0 aliphatic carbocycles. The maximum atomic E-state index is 11.5. The number of hydrogen-bond donors (Lipinski definition) is 1. The maximum Gasteiger partial charge on any atom is 0.251 e. The molecular formula is C14H10ClN3O. The van der Waals surface area contributed by atoms with E-state index in [2.05, 4.69) is 15.0 Å². The number of halogens is 1.